The number of aromatic nitrogens is 1. The third kappa shape index (κ3) is 6.21. The van der Waals surface area contributed by atoms with E-state index in [1.165, 1.54) is 0 Å². The number of nitrogens with one attached hydrogen (secondary N) is 1. The highest BCUT2D eigenvalue weighted by Gasteiger charge is 2.38. The molecule has 2 unspecified atom stereocenters. The van der Waals surface area contributed by atoms with Crippen molar-refractivity contribution in [1.82, 2.24) is 14.8 Å². The Labute approximate surface area is 242 Å². The molecule has 1 saturated heterocycles. The molecule has 2 amide bonds. The molecular formula is C34H40N4O3. The second-order valence-electron chi connectivity index (χ2n) is 10.8. The van der Waals surface area contributed by atoms with E-state index in [0.717, 1.165) is 52.7 Å². The maximum atomic E-state index is 14.4. The third-order valence-electron chi connectivity index (χ3n) is 8.08. The summed E-state index contributed by atoms with van der Waals surface area (Å²) in [5.74, 6) is -0.139. The zero-order valence-electron chi connectivity index (χ0n) is 24.3. The van der Waals surface area contributed by atoms with Crippen LogP contribution in [-0.4, -0.2) is 60.2 Å². The number of piperazine rings is 1. The van der Waals surface area contributed by atoms with E-state index >= 15 is 0 Å². The molecule has 3 aromatic carbocycles. The Hall–Kier alpha value is -3.94. The number of nitrogens with zero attached hydrogens (tertiary/aromatic N) is 3. The van der Waals surface area contributed by atoms with E-state index in [1.807, 2.05) is 53.4 Å². The van der Waals surface area contributed by atoms with Crippen molar-refractivity contribution in [2.75, 3.05) is 31.7 Å². The fourth-order valence-electron chi connectivity index (χ4n) is 5.71. The molecule has 5 rings (SSSR count). The van der Waals surface area contributed by atoms with Gasteiger partial charge in [0.25, 0.3) is 0 Å². The number of fused-ring (bicyclic) bond motifs is 1. The first-order valence-corrected chi connectivity index (χ1v) is 14.6. The predicted octanol–water partition coefficient (Wildman–Crippen LogP) is 5.48. The van der Waals surface area contributed by atoms with Crippen LogP contribution in [0.4, 0.5) is 5.69 Å². The second-order valence-corrected chi connectivity index (χ2v) is 10.8. The molecular weight excluding hydrogens is 512 g/mol. The molecule has 1 fully saturated rings. The largest absolute Gasteiger partial charge is 0.385 e. The van der Waals surface area contributed by atoms with Gasteiger partial charge in [0, 0.05) is 62.2 Å². The highest BCUT2D eigenvalue weighted by molar-refractivity contribution is 6.03. The van der Waals surface area contributed by atoms with Gasteiger partial charge in [-0.05, 0) is 54.7 Å². The molecule has 7 nitrogen and oxygen atoms in total. The molecule has 2 heterocycles. The number of hydrogen-bond acceptors (Lipinski definition) is 4. The van der Waals surface area contributed by atoms with Gasteiger partial charge in [-0.1, -0.05) is 67.6 Å². The summed E-state index contributed by atoms with van der Waals surface area (Å²) >= 11 is 0. The van der Waals surface area contributed by atoms with Crippen molar-refractivity contribution in [2.24, 2.45) is 0 Å². The quantitative estimate of drug-likeness (QED) is 0.250. The van der Waals surface area contributed by atoms with E-state index in [9.17, 15) is 9.59 Å². The van der Waals surface area contributed by atoms with Crippen LogP contribution in [0.1, 0.15) is 32.3 Å². The zero-order valence-corrected chi connectivity index (χ0v) is 24.3. The van der Waals surface area contributed by atoms with Gasteiger partial charge in [-0.3, -0.25) is 14.5 Å². The molecule has 0 bridgehead atoms. The Morgan fingerprint density at radius 1 is 1.05 bits per heavy atom. The van der Waals surface area contributed by atoms with Crippen LogP contribution in [0, 0.1) is 0 Å². The normalized spacial score (nSPS) is 16.2. The minimum Gasteiger partial charge on any atom is -0.385 e. The highest BCUT2D eigenvalue weighted by Crippen LogP contribution is 2.29. The van der Waals surface area contributed by atoms with Crippen LogP contribution in [0.25, 0.3) is 22.0 Å². The third-order valence-corrected chi connectivity index (χ3v) is 8.08. The lowest BCUT2D eigenvalue weighted by molar-refractivity contribution is -0.137. The van der Waals surface area contributed by atoms with Crippen LogP contribution >= 0.6 is 0 Å². The van der Waals surface area contributed by atoms with Gasteiger partial charge in [0.2, 0.25) is 11.8 Å². The van der Waals surface area contributed by atoms with Crippen LogP contribution in [-0.2, 0) is 27.4 Å². The molecule has 1 N–H and O–H groups in total. The van der Waals surface area contributed by atoms with Crippen LogP contribution in [0.2, 0.25) is 0 Å². The molecule has 0 aliphatic carbocycles. The van der Waals surface area contributed by atoms with Crippen molar-refractivity contribution >= 4 is 28.4 Å². The minimum atomic E-state index is -0.633. The Balaban J connectivity index is 1.47. The minimum absolute atomic E-state index is 0.00707. The molecule has 214 valence electrons. The van der Waals surface area contributed by atoms with Crippen molar-refractivity contribution in [1.29, 1.82) is 0 Å². The summed E-state index contributed by atoms with van der Waals surface area (Å²) in [4.78, 5) is 31.4. The lowest BCUT2D eigenvalue weighted by Gasteiger charge is -2.39. The lowest BCUT2D eigenvalue weighted by atomic mass is 10.0. The molecule has 1 aliphatic rings. The first kappa shape index (κ1) is 28.6. The maximum absolute atomic E-state index is 14.4. The summed E-state index contributed by atoms with van der Waals surface area (Å²) in [5, 5.41) is 4.34. The topological polar surface area (TPSA) is 66.8 Å². The molecule has 7 heteroatoms. The van der Waals surface area contributed by atoms with Crippen LogP contribution < -0.4 is 10.2 Å². The molecule has 0 radical (unpaired) electrons. The van der Waals surface area contributed by atoms with Gasteiger partial charge < -0.3 is 19.5 Å². The second kappa shape index (κ2) is 13.1. The van der Waals surface area contributed by atoms with E-state index in [0.29, 0.717) is 19.7 Å². The summed E-state index contributed by atoms with van der Waals surface area (Å²) in [5.41, 5.74) is 5.10. The number of ether oxygens (including phenoxy) is 1. The Morgan fingerprint density at radius 3 is 2.59 bits per heavy atom. The summed E-state index contributed by atoms with van der Waals surface area (Å²) in [7, 11) is 1.72. The number of carbonyl (C=O) groups is 2. The van der Waals surface area contributed by atoms with E-state index in [-0.39, 0.29) is 24.4 Å². The van der Waals surface area contributed by atoms with Gasteiger partial charge in [-0.15, -0.1) is 0 Å². The van der Waals surface area contributed by atoms with Crippen molar-refractivity contribution in [3.05, 3.63) is 90.6 Å². The van der Waals surface area contributed by atoms with Gasteiger partial charge in [-0.2, -0.15) is 0 Å². The molecule has 41 heavy (non-hydrogen) atoms. The van der Waals surface area contributed by atoms with Gasteiger partial charge in [0.05, 0.1) is 6.54 Å². The lowest BCUT2D eigenvalue weighted by Crippen LogP contribution is -2.62. The van der Waals surface area contributed by atoms with Crippen molar-refractivity contribution in [2.45, 2.75) is 51.9 Å². The van der Waals surface area contributed by atoms with Crippen molar-refractivity contribution in [3.63, 3.8) is 0 Å². The summed E-state index contributed by atoms with van der Waals surface area (Å²) in [6.07, 6.45) is 3.90. The monoisotopic (exact) mass is 552 g/mol. The predicted molar refractivity (Wildman–Crippen MR) is 165 cm³/mol. The van der Waals surface area contributed by atoms with Crippen LogP contribution in [0.3, 0.4) is 0 Å². The molecule has 1 aromatic heterocycles. The zero-order chi connectivity index (χ0) is 28.8. The van der Waals surface area contributed by atoms with E-state index < -0.39 is 6.04 Å². The van der Waals surface area contributed by atoms with Gasteiger partial charge in [0.15, 0.2) is 0 Å². The van der Waals surface area contributed by atoms with Gasteiger partial charge in [0.1, 0.15) is 6.04 Å². The van der Waals surface area contributed by atoms with Crippen LogP contribution in [0.5, 0.6) is 0 Å². The number of amides is 2. The molecule has 0 saturated carbocycles. The fraction of sp³-hybridized carbons (Fsp3) is 0.353. The highest BCUT2D eigenvalue weighted by atomic mass is 16.5. The van der Waals surface area contributed by atoms with Crippen molar-refractivity contribution < 1.29 is 14.3 Å². The summed E-state index contributed by atoms with van der Waals surface area (Å²) < 4.78 is 7.53. The molecule has 1 aliphatic heterocycles. The number of hydrogen-bond donors (Lipinski definition) is 1. The van der Waals surface area contributed by atoms with Gasteiger partial charge in [-0.25, -0.2) is 0 Å². The number of anilines is 1. The molecule has 4 aromatic rings. The number of benzene rings is 3. The average Bonchev–Trinajstić information content (AvgIpc) is 3.36. The maximum Gasteiger partial charge on any atom is 0.247 e. The number of rotatable bonds is 11. The molecule has 0 spiro atoms. The standard InChI is InChI=1S/C34H40N4O3/c1-4-25(2)37(24-28-23-36(18-11-19-41-3)31-17-9-8-16-30(28)31)34(40)32-21-35-22-33(39)38(32)29-15-10-14-27(20-29)26-12-6-5-7-13-26/h5-10,12-17,20,23,25,32,35H,4,11,18-19,21-22,24H2,1-3H3. The first-order chi connectivity index (χ1) is 20.0. The van der Waals surface area contributed by atoms with E-state index in [4.69, 9.17) is 4.74 Å². The van der Waals surface area contributed by atoms with Crippen LogP contribution in [0.15, 0.2) is 85.1 Å². The Morgan fingerprint density at radius 2 is 1.80 bits per heavy atom. The fourth-order valence-corrected chi connectivity index (χ4v) is 5.71. The Bertz CT molecular complexity index is 1480. The smallest absolute Gasteiger partial charge is 0.247 e. The summed E-state index contributed by atoms with van der Waals surface area (Å²) in [6.45, 7) is 6.83. The average molecular weight is 553 g/mol. The van der Waals surface area contributed by atoms with Crippen molar-refractivity contribution in [3.8, 4) is 11.1 Å². The van der Waals surface area contributed by atoms with E-state index in [1.54, 1.807) is 12.0 Å². The number of aryl methyl sites for hydroxylation is 1. The Kier molecular flexibility index (Phi) is 9.17. The molecule has 2 atom stereocenters. The SMILES string of the molecule is CCC(C)N(Cc1cn(CCCOC)c2ccccc12)C(=O)C1CNCC(=O)N1c1cccc(-c2ccccc2)c1. The summed E-state index contributed by atoms with van der Waals surface area (Å²) in [6, 6.07) is 25.8. The first-order valence-electron chi connectivity index (χ1n) is 14.6. The van der Waals surface area contributed by atoms with Gasteiger partial charge >= 0.3 is 0 Å². The number of methoxy groups -OCH3 is 1. The van der Waals surface area contributed by atoms with E-state index in [2.05, 4.69) is 60.3 Å². The number of para-hydroxylation sites is 1. The number of carbonyl (C=O) groups excluding carboxylic acids is 2.